The standard InChI is InChI=1S/C19H16F4N6O/c1-9-3-11(5-13(26-9)16(20)21)18(30)28(2)15-6-10(15)4-12-7-14(17(22)23)27-19-24-8-25-29(12)19/h3-5,7-8,15-17H,6H2,1-2H3/b10-4-/t15-/m0/s1. The van der Waals surface area contributed by atoms with Crippen molar-refractivity contribution in [3.63, 3.8) is 0 Å². The summed E-state index contributed by atoms with van der Waals surface area (Å²) >= 11 is 0. The van der Waals surface area contributed by atoms with Crippen LogP contribution in [0.1, 0.15) is 52.4 Å². The third-order valence-corrected chi connectivity index (χ3v) is 4.78. The van der Waals surface area contributed by atoms with E-state index in [1.54, 1.807) is 20.0 Å². The van der Waals surface area contributed by atoms with Gasteiger partial charge < -0.3 is 4.90 Å². The second kappa shape index (κ2) is 7.47. The Balaban J connectivity index is 1.59. The number of aromatic nitrogens is 5. The van der Waals surface area contributed by atoms with Crippen LogP contribution in [-0.4, -0.2) is 48.5 Å². The fourth-order valence-corrected chi connectivity index (χ4v) is 3.24. The van der Waals surface area contributed by atoms with E-state index in [1.807, 2.05) is 0 Å². The largest absolute Gasteiger partial charge is 0.335 e. The molecule has 3 aromatic rings. The van der Waals surface area contributed by atoms with Crippen molar-refractivity contribution < 1.29 is 22.4 Å². The number of likely N-dealkylation sites (N-methyl/N-ethyl adjacent to an activating group) is 1. The number of rotatable bonds is 5. The van der Waals surface area contributed by atoms with Crippen molar-refractivity contribution in [3.05, 3.63) is 58.4 Å². The molecule has 3 heterocycles. The zero-order valence-electron chi connectivity index (χ0n) is 15.9. The van der Waals surface area contributed by atoms with Crippen molar-refractivity contribution in [3.8, 4) is 0 Å². The van der Waals surface area contributed by atoms with Gasteiger partial charge in [-0.3, -0.25) is 9.78 Å². The third kappa shape index (κ3) is 3.74. The van der Waals surface area contributed by atoms with E-state index < -0.39 is 30.1 Å². The molecule has 1 saturated carbocycles. The molecule has 1 atom stereocenters. The number of alkyl halides is 4. The maximum Gasteiger partial charge on any atom is 0.280 e. The SMILES string of the molecule is Cc1cc(C(=O)N(C)[C@H]2C/C2=C/c2cc(C(F)F)nc3ncnn23)cc(C(F)F)n1. The van der Waals surface area contributed by atoms with E-state index in [4.69, 9.17) is 0 Å². The maximum absolute atomic E-state index is 13.1. The number of fused-ring (bicyclic) bond motifs is 1. The Morgan fingerprint density at radius 2 is 1.87 bits per heavy atom. The van der Waals surface area contributed by atoms with Gasteiger partial charge >= 0.3 is 0 Å². The van der Waals surface area contributed by atoms with Gasteiger partial charge in [-0.1, -0.05) is 0 Å². The van der Waals surface area contributed by atoms with Crippen molar-refractivity contribution >= 4 is 17.8 Å². The zero-order valence-corrected chi connectivity index (χ0v) is 15.9. The Hall–Kier alpha value is -3.37. The molecule has 11 heteroatoms. The van der Waals surface area contributed by atoms with Crippen LogP contribution in [0.3, 0.4) is 0 Å². The Labute approximate surface area is 168 Å². The predicted octanol–water partition coefficient (Wildman–Crippen LogP) is 3.63. The molecule has 30 heavy (non-hydrogen) atoms. The first-order chi connectivity index (χ1) is 14.2. The molecule has 0 spiro atoms. The molecule has 1 fully saturated rings. The van der Waals surface area contributed by atoms with E-state index in [-0.39, 0.29) is 17.4 Å². The minimum absolute atomic E-state index is 0.0491. The number of carbonyl (C=O) groups excluding carboxylic acids is 1. The second-order valence-electron chi connectivity index (χ2n) is 6.96. The molecule has 0 aromatic carbocycles. The molecule has 3 aromatic heterocycles. The molecule has 1 aliphatic carbocycles. The van der Waals surface area contributed by atoms with Crippen molar-refractivity contribution in [1.82, 2.24) is 29.5 Å². The highest BCUT2D eigenvalue weighted by atomic mass is 19.3. The summed E-state index contributed by atoms with van der Waals surface area (Å²) in [5.74, 6) is -0.377. The number of amides is 1. The molecule has 0 bridgehead atoms. The van der Waals surface area contributed by atoms with Gasteiger partial charge in [0.25, 0.3) is 24.5 Å². The highest BCUT2D eigenvalue weighted by Gasteiger charge is 2.37. The van der Waals surface area contributed by atoms with Gasteiger partial charge in [-0.25, -0.2) is 22.5 Å². The smallest absolute Gasteiger partial charge is 0.280 e. The average Bonchev–Trinajstić information content (AvgIpc) is 3.29. The van der Waals surface area contributed by atoms with Gasteiger partial charge in [0.05, 0.1) is 11.7 Å². The van der Waals surface area contributed by atoms with E-state index in [0.717, 1.165) is 11.6 Å². The molecule has 1 aliphatic rings. The number of nitrogens with zero attached hydrogens (tertiary/aromatic N) is 6. The lowest BCUT2D eigenvalue weighted by Crippen LogP contribution is -2.29. The maximum atomic E-state index is 13.1. The molecule has 1 amide bonds. The summed E-state index contributed by atoms with van der Waals surface area (Å²) in [6.45, 7) is 1.54. The van der Waals surface area contributed by atoms with Crippen molar-refractivity contribution in [2.24, 2.45) is 0 Å². The van der Waals surface area contributed by atoms with E-state index in [0.29, 0.717) is 17.8 Å². The normalized spacial score (nSPS) is 17.3. The van der Waals surface area contributed by atoms with Crippen LogP contribution < -0.4 is 0 Å². The number of hydrogen-bond donors (Lipinski definition) is 0. The lowest BCUT2D eigenvalue weighted by atomic mass is 10.1. The van der Waals surface area contributed by atoms with Crippen molar-refractivity contribution in [2.75, 3.05) is 7.05 Å². The first-order valence-corrected chi connectivity index (χ1v) is 8.97. The molecule has 4 rings (SSSR count). The Kier molecular flexibility index (Phi) is 4.96. The van der Waals surface area contributed by atoms with Gasteiger partial charge in [0, 0.05) is 18.3 Å². The lowest BCUT2D eigenvalue weighted by Gasteiger charge is -2.17. The topological polar surface area (TPSA) is 76.3 Å². The minimum Gasteiger partial charge on any atom is -0.335 e. The van der Waals surface area contributed by atoms with E-state index >= 15 is 0 Å². The van der Waals surface area contributed by atoms with E-state index in [9.17, 15) is 22.4 Å². The molecular formula is C19H16F4N6O. The highest BCUT2D eigenvalue weighted by Crippen LogP contribution is 2.37. The Bertz CT molecular complexity index is 1160. The molecule has 156 valence electrons. The van der Waals surface area contributed by atoms with Crippen LogP contribution in [0.5, 0.6) is 0 Å². The molecule has 0 saturated heterocycles. The summed E-state index contributed by atoms with van der Waals surface area (Å²) in [6, 6.07) is 3.48. The van der Waals surface area contributed by atoms with Gasteiger partial charge in [-0.05, 0) is 43.2 Å². The van der Waals surface area contributed by atoms with Gasteiger partial charge in [0.15, 0.2) is 0 Å². The van der Waals surface area contributed by atoms with Crippen LogP contribution in [0.4, 0.5) is 17.6 Å². The molecule has 0 radical (unpaired) electrons. The number of halogens is 4. The molecule has 0 N–H and O–H groups in total. The van der Waals surface area contributed by atoms with Crippen LogP contribution >= 0.6 is 0 Å². The zero-order chi connectivity index (χ0) is 21.6. The van der Waals surface area contributed by atoms with E-state index in [2.05, 4.69) is 20.1 Å². The first-order valence-electron chi connectivity index (χ1n) is 8.97. The highest BCUT2D eigenvalue weighted by molar-refractivity contribution is 5.95. The monoisotopic (exact) mass is 420 g/mol. The van der Waals surface area contributed by atoms with E-state index in [1.165, 1.54) is 27.9 Å². The number of hydrogen-bond acceptors (Lipinski definition) is 5. The van der Waals surface area contributed by atoms with Crippen LogP contribution in [0.25, 0.3) is 11.9 Å². The number of carbonyl (C=O) groups is 1. The summed E-state index contributed by atoms with van der Waals surface area (Å²) in [7, 11) is 1.56. The number of pyridine rings is 1. The van der Waals surface area contributed by atoms with Crippen LogP contribution in [0, 0.1) is 6.92 Å². The molecular weight excluding hydrogens is 404 g/mol. The van der Waals surface area contributed by atoms with Gasteiger partial charge in [0.2, 0.25) is 0 Å². The second-order valence-corrected chi connectivity index (χ2v) is 6.96. The van der Waals surface area contributed by atoms with Crippen molar-refractivity contribution in [1.29, 1.82) is 0 Å². The van der Waals surface area contributed by atoms with Gasteiger partial charge in [-0.2, -0.15) is 14.6 Å². The molecule has 0 unspecified atom stereocenters. The Morgan fingerprint density at radius 3 is 2.57 bits per heavy atom. The minimum atomic E-state index is -2.78. The lowest BCUT2D eigenvalue weighted by molar-refractivity contribution is 0.0789. The summed E-state index contributed by atoms with van der Waals surface area (Å²) in [6.07, 6.45) is -2.14. The Morgan fingerprint density at radius 1 is 1.17 bits per heavy atom. The average molecular weight is 420 g/mol. The molecule has 7 nitrogen and oxygen atoms in total. The summed E-state index contributed by atoms with van der Waals surface area (Å²) in [4.78, 5) is 25.5. The van der Waals surface area contributed by atoms with Crippen LogP contribution in [-0.2, 0) is 0 Å². The summed E-state index contributed by atoms with van der Waals surface area (Å²) < 4.78 is 53.5. The van der Waals surface area contributed by atoms with Crippen LogP contribution in [0.2, 0.25) is 0 Å². The van der Waals surface area contributed by atoms with Crippen LogP contribution in [0.15, 0.2) is 30.1 Å². The van der Waals surface area contributed by atoms with Gasteiger partial charge in [0.1, 0.15) is 17.7 Å². The fraction of sp³-hybridized carbons (Fsp3) is 0.316. The quantitative estimate of drug-likeness (QED) is 0.589. The fourth-order valence-electron chi connectivity index (χ4n) is 3.24. The predicted molar refractivity (Wildman–Crippen MR) is 98.1 cm³/mol. The van der Waals surface area contributed by atoms with Crippen molar-refractivity contribution in [2.45, 2.75) is 32.2 Å². The summed E-state index contributed by atoms with van der Waals surface area (Å²) in [5.41, 5.74) is 0.744. The van der Waals surface area contributed by atoms with Gasteiger partial charge in [-0.15, -0.1) is 0 Å². The number of aryl methyl sites for hydroxylation is 1. The first kappa shape index (κ1) is 19.9. The third-order valence-electron chi connectivity index (χ3n) is 4.78. The summed E-state index contributed by atoms with van der Waals surface area (Å²) in [5, 5.41) is 3.98. The molecule has 0 aliphatic heterocycles.